The molecule has 0 unspecified atom stereocenters. The maximum Gasteiger partial charge on any atom is 0.312 e. The molecular formula is C24H35NO5. The van der Waals surface area contributed by atoms with Gasteiger partial charge in [-0.25, -0.2) is 5.48 Å². The van der Waals surface area contributed by atoms with Gasteiger partial charge in [-0.15, -0.1) is 0 Å². The molecule has 0 spiro atoms. The van der Waals surface area contributed by atoms with Crippen LogP contribution in [0.15, 0.2) is 54.6 Å². The van der Waals surface area contributed by atoms with Crippen LogP contribution in [0.25, 0.3) is 0 Å². The lowest BCUT2D eigenvalue weighted by molar-refractivity contribution is -0.165. The van der Waals surface area contributed by atoms with E-state index in [0.29, 0.717) is 39.0 Å². The second kappa shape index (κ2) is 12.0. The molecule has 0 aliphatic heterocycles. The van der Waals surface area contributed by atoms with E-state index in [1.807, 2.05) is 50.3 Å². The maximum absolute atomic E-state index is 13.2. The summed E-state index contributed by atoms with van der Waals surface area (Å²) in [6.07, 6.45) is 4.14. The third-order valence-corrected chi connectivity index (χ3v) is 5.57. The van der Waals surface area contributed by atoms with E-state index in [9.17, 15) is 15.0 Å². The summed E-state index contributed by atoms with van der Waals surface area (Å²) in [5.74, 6) is -0.680. The largest absolute Gasteiger partial charge is 0.465 e. The number of carbonyl (C=O) groups is 1. The van der Waals surface area contributed by atoms with Crippen molar-refractivity contribution < 1.29 is 24.6 Å². The number of hydroxylamine groups is 1. The number of aliphatic hydroxyl groups is 2. The lowest BCUT2D eigenvalue weighted by atomic mass is 9.63. The van der Waals surface area contributed by atoms with Gasteiger partial charge < -0.3 is 14.9 Å². The van der Waals surface area contributed by atoms with Crippen LogP contribution in [0.3, 0.4) is 0 Å². The van der Waals surface area contributed by atoms with Crippen LogP contribution >= 0.6 is 0 Å². The lowest BCUT2D eigenvalue weighted by Gasteiger charge is -2.42. The number of hydrogen-bond acceptors (Lipinski definition) is 6. The summed E-state index contributed by atoms with van der Waals surface area (Å²) < 4.78 is 5.61. The van der Waals surface area contributed by atoms with Crippen LogP contribution in [0.2, 0.25) is 0 Å². The first-order valence-corrected chi connectivity index (χ1v) is 10.6. The zero-order valence-electron chi connectivity index (χ0n) is 18.0. The number of aliphatic hydroxyl groups excluding tert-OH is 2. The Bertz CT molecular complexity index is 703. The average Bonchev–Trinajstić information content (AvgIpc) is 2.77. The fourth-order valence-corrected chi connectivity index (χ4v) is 3.84. The number of hydrogen-bond donors (Lipinski definition) is 3. The zero-order valence-corrected chi connectivity index (χ0v) is 18.0. The molecule has 6 heteroatoms. The maximum atomic E-state index is 13.2. The standard InChI is InChI=1S/C24H35NO5/c1-4-19-10-11-24(21(14-19)22(27)15-26,23(28)29-16-18(2)3)12-13-25-30-17-20-8-6-5-7-9-20/h4-9,14,18,21-22,25-27H,1,10-13,15-17H2,2-3H3/t21-,22-,24-/m1/s1. The highest BCUT2D eigenvalue weighted by molar-refractivity contribution is 5.78. The van der Waals surface area contributed by atoms with Crippen LogP contribution in [-0.2, 0) is 21.0 Å². The smallest absolute Gasteiger partial charge is 0.312 e. The Morgan fingerprint density at radius 3 is 2.73 bits per heavy atom. The van der Waals surface area contributed by atoms with Crippen molar-refractivity contribution in [1.29, 1.82) is 0 Å². The molecule has 166 valence electrons. The van der Waals surface area contributed by atoms with Gasteiger partial charge in [0, 0.05) is 12.5 Å². The number of benzene rings is 1. The molecule has 3 N–H and O–H groups in total. The van der Waals surface area contributed by atoms with Crippen molar-refractivity contribution in [3.63, 3.8) is 0 Å². The van der Waals surface area contributed by atoms with Gasteiger partial charge in [-0.1, -0.05) is 68.5 Å². The Morgan fingerprint density at radius 1 is 1.37 bits per heavy atom. The van der Waals surface area contributed by atoms with Gasteiger partial charge in [-0.05, 0) is 30.7 Å². The Morgan fingerprint density at radius 2 is 2.10 bits per heavy atom. The number of esters is 1. The van der Waals surface area contributed by atoms with Gasteiger partial charge in [-0.2, -0.15) is 0 Å². The van der Waals surface area contributed by atoms with E-state index < -0.39 is 24.0 Å². The molecule has 0 bridgehead atoms. The summed E-state index contributed by atoms with van der Waals surface area (Å²) >= 11 is 0. The average molecular weight is 418 g/mol. The Labute approximate surface area is 179 Å². The van der Waals surface area contributed by atoms with E-state index in [4.69, 9.17) is 9.57 Å². The Kier molecular flexibility index (Phi) is 9.72. The third-order valence-electron chi connectivity index (χ3n) is 5.57. The lowest BCUT2D eigenvalue weighted by Crippen LogP contribution is -2.49. The molecule has 0 heterocycles. The second-order valence-corrected chi connectivity index (χ2v) is 8.29. The molecule has 0 saturated carbocycles. The van der Waals surface area contributed by atoms with Crippen molar-refractivity contribution in [2.45, 2.75) is 45.8 Å². The Balaban J connectivity index is 2.11. The fourth-order valence-electron chi connectivity index (χ4n) is 3.84. The molecule has 2 rings (SSSR count). The second-order valence-electron chi connectivity index (χ2n) is 8.29. The van der Waals surface area contributed by atoms with E-state index in [1.54, 1.807) is 6.08 Å². The molecular weight excluding hydrogens is 382 g/mol. The molecule has 3 atom stereocenters. The van der Waals surface area contributed by atoms with Crippen LogP contribution < -0.4 is 5.48 Å². The van der Waals surface area contributed by atoms with Crippen molar-refractivity contribution in [2.24, 2.45) is 17.3 Å². The number of allylic oxidation sites excluding steroid dienone is 2. The summed E-state index contributed by atoms with van der Waals surface area (Å²) in [5.41, 5.74) is 4.01. The van der Waals surface area contributed by atoms with Crippen molar-refractivity contribution in [1.82, 2.24) is 5.48 Å². The molecule has 30 heavy (non-hydrogen) atoms. The highest BCUT2D eigenvalue weighted by atomic mass is 16.6. The molecule has 1 aromatic carbocycles. The van der Waals surface area contributed by atoms with E-state index in [0.717, 1.165) is 11.1 Å². The van der Waals surface area contributed by atoms with Gasteiger partial charge in [0.25, 0.3) is 0 Å². The summed E-state index contributed by atoms with van der Waals surface area (Å²) in [5, 5.41) is 20.1. The minimum absolute atomic E-state index is 0.211. The predicted octanol–water partition coefficient (Wildman–Crippen LogP) is 3.16. The summed E-state index contributed by atoms with van der Waals surface area (Å²) in [4.78, 5) is 18.7. The molecule has 0 fully saturated rings. The molecule has 1 aromatic rings. The first-order valence-electron chi connectivity index (χ1n) is 10.6. The third kappa shape index (κ3) is 6.51. The minimum Gasteiger partial charge on any atom is -0.465 e. The molecule has 0 amide bonds. The number of carbonyl (C=O) groups excluding carboxylic acids is 1. The first kappa shape index (κ1) is 24.3. The monoisotopic (exact) mass is 417 g/mol. The van der Waals surface area contributed by atoms with E-state index in [1.165, 1.54) is 0 Å². The van der Waals surface area contributed by atoms with Gasteiger partial charge in [0.05, 0.1) is 31.3 Å². The van der Waals surface area contributed by atoms with Crippen LogP contribution in [-0.4, -0.2) is 42.0 Å². The fraction of sp³-hybridized carbons (Fsp3) is 0.542. The summed E-state index contributed by atoms with van der Waals surface area (Å²) in [6, 6.07) is 9.80. The first-order chi connectivity index (χ1) is 14.4. The van der Waals surface area contributed by atoms with Gasteiger partial charge in [0.1, 0.15) is 0 Å². The van der Waals surface area contributed by atoms with Gasteiger partial charge in [0.15, 0.2) is 0 Å². The highest BCUT2D eigenvalue weighted by Gasteiger charge is 2.49. The Hall–Kier alpha value is -1.99. The SMILES string of the molecule is C=CC1=C[C@H]([C@H](O)CO)[C@@](CCNOCc2ccccc2)(C(=O)OCC(C)C)CC1. The quantitative estimate of drug-likeness (QED) is 0.275. The van der Waals surface area contributed by atoms with Gasteiger partial charge in [-0.3, -0.25) is 9.63 Å². The summed E-state index contributed by atoms with van der Waals surface area (Å²) in [6.45, 7) is 8.49. The normalized spacial score (nSPS) is 22.4. The molecule has 0 saturated heterocycles. The van der Waals surface area contributed by atoms with Crippen LogP contribution in [0, 0.1) is 17.3 Å². The number of nitrogens with one attached hydrogen (secondary N) is 1. The van der Waals surface area contributed by atoms with Crippen molar-refractivity contribution in [3.8, 4) is 0 Å². The predicted molar refractivity (Wildman–Crippen MR) is 116 cm³/mol. The highest BCUT2D eigenvalue weighted by Crippen LogP contribution is 2.46. The van der Waals surface area contributed by atoms with Gasteiger partial charge >= 0.3 is 5.97 Å². The number of rotatable bonds is 12. The molecule has 1 aliphatic rings. The zero-order chi connectivity index (χ0) is 22.0. The van der Waals surface area contributed by atoms with Crippen molar-refractivity contribution in [2.75, 3.05) is 19.8 Å². The molecule has 0 radical (unpaired) electrons. The molecule has 0 aromatic heterocycles. The van der Waals surface area contributed by atoms with Crippen LogP contribution in [0.4, 0.5) is 0 Å². The van der Waals surface area contributed by atoms with Gasteiger partial charge in [0.2, 0.25) is 0 Å². The summed E-state index contributed by atoms with van der Waals surface area (Å²) in [7, 11) is 0. The van der Waals surface area contributed by atoms with Crippen molar-refractivity contribution >= 4 is 5.97 Å². The molecule has 6 nitrogen and oxygen atoms in total. The van der Waals surface area contributed by atoms with Crippen LogP contribution in [0.1, 0.15) is 38.7 Å². The van der Waals surface area contributed by atoms with Crippen LogP contribution in [0.5, 0.6) is 0 Å². The molecule has 1 aliphatic carbocycles. The topological polar surface area (TPSA) is 88.0 Å². The minimum atomic E-state index is -1.06. The van der Waals surface area contributed by atoms with Crippen molar-refractivity contribution in [3.05, 3.63) is 60.2 Å². The number of ether oxygens (including phenoxy) is 1. The van der Waals surface area contributed by atoms with E-state index >= 15 is 0 Å². The van der Waals surface area contributed by atoms with E-state index in [2.05, 4.69) is 12.1 Å². The van der Waals surface area contributed by atoms with E-state index in [-0.39, 0.29) is 11.9 Å².